The molecule has 15 heavy (non-hydrogen) atoms. The van der Waals surface area contributed by atoms with Crippen LogP contribution < -0.4 is 0 Å². The summed E-state index contributed by atoms with van der Waals surface area (Å²) in [5, 5.41) is 9.34. The lowest BCUT2D eigenvalue weighted by Crippen LogP contribution is -2.45. The van der Waals surface area contributed by atoms with E-state index in [0.717, 1.165) is 19.4 Å². The van der Waals surface area contributed by atoms with Crippen LogP contribution in [0.2, 0.25) is 0 Å². The van der Waals surface area contributed by atoms with Crippen molar-refractivity contribution < 1.29 is 14.6 Å². The predicted octanol–water partition coefficient (Wildman–Crippen LogP) is 1.38. The van der Waals surface area contributed by atoms with Crippen LogP contribution in [0.1, 0.15) is 33.6 Å². The van der Waals surface area contributed by atoms with E-state index in [4.69, 9.17) is 4.74 Å². The quantitative estimate of drug-likeness (QED) is 0.716. The summed E-state index contributed by atoms with van der Waals surface area (Å²) in [4.78, 5) is 13.6. The number of aliphatic hydroxyl groups excluding tert-OH is 1. The molecule has 1 saturated carbocycles. The molecule has 0 aromatic rings. The van der Waals surface area contributed by atoms with E-state index in [9.17, 15) is 9.90 Å². The fourth-order valence-electron chi connectivity index (χ4n) is 2.45. The summed E-state index contributed by atoms with van der Waals surface area (Å²) < 4.78 is 5.32. The Hall–Kier alpha value is -0.770. The maximum Gasteiger partial charge on any atom is 0.410 e. The van der Waals surface area contributed by atoms with Gasteiger partial charge in [0.25, 0.3) is 0 Å². The first kappa shape index (κ1) is 10.7. The highest BCUT2D eigenvalue weighted by Crippen LogP contribution is 2.55. The Morgan fingerprint density at radius 3 is 2.73 bits per heavy atom. The lowest BCUT2D eigenvalue weighted by Gasteiger charge is -2.30. The number of likely N-dealkylation sites (tertiary alicyclic amines) is 1. The minimum absolute atomic E-state index is 0.0664. The van der Waals surface area contributed by atoms with E-state index in [1.165, 1.54) is 0 Å². The van der Waals surface area contributed by atoms with Crippen molar-refractivity contribution in [3.05, 3.63) is 0 Å². The summed E-state index contributed by atoms with van der Waals surface area (Å²) in [6.45, 7) is 6.36. The average molecular weight is 213 g/mol. The third kappa shape index (κ3) is 1.71. The molecule has 2 rings (SSSR count). The molecule has 4 heteroatoms. The number of fused-ring (bicyclic) bond motifs is 1. The number of hydrogen-bond donors (Lipinski definition) is 1. The summed E-state index contributed by atoms with van der Waals surface area (Å²) >= 11 is 0. The summed E-state index contributed by atoms with van der Waals surface area (Å²) in [6.07, 6.45) is 1.65. The van der Waals surface area contributed by atoms with Gasteiger partial charge in [0.1, 0.15) is 5.60 Å². The highest BCUT2D eigenvalue weighted by molar-refractivity contribution is 5.71. The normalized spacial score (nSPS) is 33.9. The lowest BCUT2D eigenvalue weighted by molar-refractivity contribution is 0.0105. The molecule has 0 aromatic heterocycles. The fourth-order valence-corrected chi connectivity index (χ4v) is 2.45. The number of nitrogens with zero attached hydrogens (tertiary/aromatic N) is 1. The largest absolute Gasteiger partial charge is 0.444 e. The standard InChI is InChI=1S/C11H19NO3/c1-10(2,3)15-9(14)12-5-4-8-6-11(8,12)7-13/h8,13H,4-7H2,1-3H3. The lowest BCUT2D eigenvalue weighted by atomic mass is 10.2. The topological polar surface area (TPSA) is 49.8 Å². The number of ether oxygens (including phenoxy) is 1. The van der Waals surface area contributed by atoms with Gasteiger partial charge in [0.15, 0.2) is 0 Å². The van der Waals surface area contributed by atoms with Crippen molar-refractivity contribution in [3.8, 4) is 0 Å². The molecule has 4 nitrogen and oxygen atoms in total. The first-order valence-electron chi connectivity index (χ1n) is 5.50. The summed E-state index contributed by atoms with van der Waals surface area (Å²) in [5.74, 6) is 0.495. The molecule has 2 fully saturated rings. The maximum absolute atomic E-state index is 11.9. The monoisotopic (exact) mass is 213 g/mol. The van der Waals surface area contributed by atoms with Gasteiger partial charge in [-0.1, -0.05) is 0 Å². The molecule has 0 aromatic carbocycles. The molecule has 86 valence electrons. The van der Waals surface area contributed by atoms with Gasteiger partial charge in [-0.3, -0.25) is 4.90 Å². The average Bonchev–Trinajstić information content (AvgIpc) is 2.70. The van der Waals surface area contributed by atoms with E-state index in [0.29, 0.717) is 5.92 Å². The molecule has 1 N–H and O–H groups in total. The van der Waals surface area contributed by atoms with Crippen LogP contribution in [0.3, 0.4) is 0 Å². The number of carbonyl (C=O) groups is 1. The van der Waals surface area contributed by atoms with Gasteiger partial charge in [0.2, 0.25) is 0 Å². The fraction of sp³-hybridized carbons (Fsp3) is 0.909. The Bertz CT molecular complexity index is 280. The Labute approximate surface area is 90.2 Å². The summed E-state index contributed by atoms with van der Waals surface area (Å²) in [7, 11) is 0. The van der Waals surface area contributed by atoms with Crippen LogP contribution in [-0.2, 0) is 4.74 Å². The van der Waals surface area contributed by atoms with Crippen molar-refractivity contribution in [1.29, 1.82) is 0 Å². The Kier molecular flexibility index (Phi) is 2.23. The first-order valence-corrected chi connectivity index (χ1v) is 5.50. The number of hydrogen-bond acceptors (Lipinski definition) is 3. The van der Waals surface area contributed by atoms with Crippen molar-refractivity contribution in [3.63, 3.8) is 0 Å². The Balaban J connectivity index is 2.02. The second kappa shape index (κ2) is 3.11. The summed E-state index contributed by atoms with van der Waals surface area (Å²) in [5.41, 5.74) is -0.733. The number of carbonyl (C=O) groups excluding carboxylic acids is 1. The zero-order valence-electron chi connectivity index (χ0n) is 9.62. The van der Waals surface area contributed by atoms with Crippen molar-refractivity contribution in [2.45, 2.75) is 44.8 Å². The van der Waals surface area contributed by atoms with E-state index in [2.05, 4.69) is 0 Å². The third-order valence-electron chi connectivity index (χ3n) is 3.33. The molecule has 1 saturated heterocycles. The van der Waals surface area contributed by atoms with Gasteiger partial charge in [0, 0.05) is 6.54 Å². The van der Waals surface area contributed by atoms with Gasteiger partial charge in [-0.2, -0.15) is 0 Å². The second-order valence-corrected chi connectivity index (χ2v) is 5.58. The Morgan fingerprint density at radius 2 is 2.27 bits per heavy atom. The van der Waals surface area contributed by atoms with Gasteiger partial charge in [-0.05, 0) is 39.5 Å². The molecule has 0 spiro atoms. The molecular weight excluding hydrogens is 194 g/mol. The number of piperidine rings is 1. The number of aliphatic hydroxyl groups is 1. The van der Waals surface area contributed by atoms with Crippen molar-refractivity contribution in [2.75, 3.05) is 13.2 Å². The van der Waals surface area contributed by atoms with E-state index >= 15 is 0 Å². The molecule has 0 bridgehead atoms. The number of rotatable bonds is 1. The summed E-state index contributed by atoms with van der Waals surface area (Å²) in [6, 6.07) is 0. The minimum atomic E-state index is -0.458. The van der Waals surface area contributed by atoms with Crippen LogP contribution >= 0.6 is 0 Å². The molecule has 1 heterocycles. The van der Waals surface area contributed by atoms with Crippen molar-refractivity contribution in [2.24, 2.45) is 5.92 Å². The second-order valence-electron chi connectivity index (χ2n) is 5.58. The molecule has 2 atom stereocenters. The van der Waals surface area contributed by atoms with E-state index in [-0.39, 0.29) is 18.2 Å². The van der Waals surface area contributed by atoms with Crippen LogP contribution in [0.15, 0.2) is 0 Å². The maximum atomic E-state index is 11.9. The van der Waals surface area contributed by atoms with Crippen LogP contribution in [0.4, 0.5) is 4.79 Å². The minimum Gasteiger partial charge on any atom is -0.444 e. The SMILES string of the molecule is CC(C)(C)OC(=O)N1CCC2CC21CO. The highest BCUT2D eigenvalue weighted by Gasteiger charge is 2.63. The van der Waals surface area contributed by atoms with Crippen molar-refractivity contribution in [1.82, 2.24) is 4.90 Å². The van der Waals surface area contributed by atoms with Gasteiger partial charge in [-0.15, -0.1) is 0 Å². The van der Waals surface area contributed by atoms with Crippen LogP contribution in [0.5, 0.6) is 0 Å². The van der Waals surface area contributed by atoms with Crippen molar-refractivity contribution >= 4 is 6.09 Å². The molecule has 2 unspecified atom stereocenters. The highest BCUT2D eigenvalue weighted by atomic mass is 16.6. The molecule has 1 aliphatic carbocycles. The zero-order valence-corrected chi connectivity index (χ0v) is 9.62. The van der Waals surface area contributed by atoms with Crippen LogP contribution in [0.25, 0.3) is 0 Å². The molecule has 0 radical (unpaired) electrons. The van der Waals surface area contributed by atoms with Gasteiger partial charge in [-0.25, -0.2) is 4.79 Å². The molecular formula is C11H19NO3. The zero-order chi connectivity index (χ0) is 11.3. The molecule has 2 aliphatic rings. The Morgan fingerprint density at radius 1 is 1.60 bits per heavy atom. The smallest absolute Gasteiger partial charge is 0.410 e. The van der Waals surface area contributed by atoms with Gasteiger partial charge in [0.05, 0.1) is 12.1 Å². The molecule has 1 amide bonds. The van der Waals surface area contributed by atoms with Gasteiger partial charge >= 0.3 is 6.09 Å². The third-order valence-corrected chi connectivity index (χ3v) is 3.33. The molecule has 1 aliphatic heterocycles. The number of amides is 1. The van der Waals surface area contributed by atoms with E-state index in [1.807, 2.05) is 20.8 Å². The van der Waals surface area contributed by atoms with E-state index < -0.39 is 5.60 Å². The van der Waals surface area contributed by atoms with Gasteiger partial charge < -0.3 is 9.84 Å². The van der Waals surface area contributed by atoms with Crippen LogP contribution in [-0.4, -0.2) is 40.4 Å². The first-order chi connectivity index (χ1) is 6.89. The van der Waals surface area contributed by atoms with E-state index in [1.54, 1.807) is 4.90 Å². The predicted molar refractivity (Wildman–Crippen MR) is 55.5 cm³/mol. The van der Waals surface area contributed by atoms with Crippen LogP contribution in [0, 0.1) is 5.92 Å².